The highest BCUT2D eigenvalue weighted by atomic mass is 79.9. The fourth-order valence-electron chi connectivity index (χ4n) is 1.92. The van der Waals surface area contributed by atoms with E-state index in [2.05, 4.69) is 26.6 Å². The summed E-state index contributed by atoms with van der Waals surface area (Å²) >= 11 is 4.92. The highest BCUT2D eigenvalue weighted by Crippen LogP contribution is 2.25. The van der Waals surface area contributed by atoms with E-state index < -0.39 is 0 Å². The highest BCUT2D eigenvalue weighted by Gasteiger charge is 2.16. The lowest BCUT2D eigenvalue weighted by Gasteiger charge is -2.21. The number of rotatable bonds is 3. The van der Waals surface area contributed by atoms with Crippen LogP contribution < -0.4 is 10.6 Å². The van der Waals surface area contributed by atoms with Gasteiger partial charge in [0, 0.05) is 16.3 Å². The number of anilines is 1. The van der Waals surface area contributed by atoms with Gasteiger partial charge in [-0.1, -0.05) is 0 Å². The number of nitrogens with one attached hydrogen (secondary N) is 2. The van der Waals surface area contributed by atoms with E-state index in [1.807, 2.05) is 11.4 Å². The fraction of sp³-hybridized carbons (Fsp3) is 0.545. The number of amides is 1. The summed E-state index contributed by atoms with van der Waals surface area (Å²) in [6.07, 6.45) is 2.88. The monoisotopic (exact) mass is 302 g/mol. The smallest absolute Gasteiger partial charge is 0.225 e. The Bertz CT molecular complexity index is 361. The standard InChI is InChI=1S/C11H15BrN2OS/c12-9-6-11(16-7-9)14-10(15)5-8-1-3-13-4-2-8/h6-8,13H,1-5H2,(H,14,15). The first-order valence-corrected chi connectivity index (χ1v) is 7.16. The molecule has 1 aliphatic heterocycles. The molecule has 0 spiro atoms. The lowest BCUT2D eigenvalue weighted by Crippen LogP contribution is -2.29. The van der Waals surface area contributed by atoms with Crippen molar-refractivity contribution in [2.75, 3.05) is 18.4 Å². The molecule has 1 aromatic rings. The molecule has 1 aliphatic rings. The van der Waals surface area contributed by atoms with E-state index in [1.165, 1.54) is 0 Å². The van der Waals surface area contributed by atoms with Gasteiger partial charge in [0.1, 0.15) is 0 Å². The molecule has 0 unspecified atom stereocenters. The molecule has 1 saturated heterocycles. The number of halogens is 1. The van der Waals surface area contributed by atoms with Gasteiger partial charge in [-0.3, -0.25) is 4.79 Å². The van der Waals surface area contributed by atoms with Crippen molar-refractivity contribution in [3.05, 3.63) is 15.9 Å². The van der Waals surface area contributed by atoms with Crippen molar-refractivity contribution in [3.63, 3.8) is 0 Å². The van der Waals surface area contributed by atoms with Crippen molar-refractivity contribution in [2.24, 2.45) is 5.92 Å². The minimum Gasteiger partial charge on any atom is -0.318 e. The number of piperidine rings is 1. The molecule has 0 aromatic carbocycles. The van der Waals surface area contributed by atoms with E-state index in [9.17, 15) is 4.79 Å². The second kappa shape index (κ2) is 5.80. The van der Waals surface area contributed by atoms with E-state index >= 15 is 0 Å². The zero-order valence-corrected chi connectivity index (χ0v) is 11.4. The summed E-state index contributed by atoms with van der Waals surface area (Å²) in [7, 11) is 0. The van der Waals surface area contributed by atoms with Crippen LogP contribution in [-0.2, 0) is 4.79 Å². The van der Waals surface area contributed by atoms with Gasteiger partial charge >= 0.3 is 0 Å². The Morgan fingerprint density at radius 2 is 2.31 bits per heavy atom. The molecule has 2 N–H and O–H groups in total. The maximum atomic E-state index is 11.7. The number of hydrogen-bond donors (Lipinski definition) is 2. The molecule has 0 saturated carbocycles. The van der Waals surface area contributed by atoms with Gasteiger partial charge in [0.15, 0.2) is 0 Å². The molecule has 16 heavy (non-hydrogen) atoms. The van der Waals surface area contributed by atoms with Crippen LogP contribution in [-0.4, -0.2) is 19.0 Å². The van der Waals surface area contributed by atoms with Gasteiger partial charge in [-0.15, -0.1) is 11.3 Å². The van der Waals surface area contributed by atoms with Gasteiger partial charge < -0.3 is 10.6 Å². The van der Waals surface area contributed by atoms with Crippen LogP contribution >= 0.6 is 27.3 Å². The van der Waals surface area contributed by atoms with Gasteiger partial charge in [-0.05, 0) is 53.8 Å². The minimum absolute atomic E-state index is 0.140. The summed E-state index contributed by atoms with van der Waals surface area (Å²) in [6, 6.07) is 1.94. The normalized spacial score (nSPS) is 17.3. The molecule has 1 fully saturated rings. The molecule has 0 radical (unpaired) electrons. The van der Waals surface area contributed by atoms with Crippen molar-refractivity contribution in [3.8, 4) is 0 Å². The fourth-order valence-corrected chi connectivity index (χ4v) is 3.25. The quantitative estimate of drug-likeness (QED) is 0.901. The van der Waals surface area contributed by atoms with Crippen LogP contribution in [0.3, 0.4) is 0 Å². The Kier molecular flexibility index (Phi) is 4.37. The van der Waals surface area contributed by atoms with E-state index in [4.69, 9.17) is 0 Å². The van der Waals surface area contributed by atoms with Crippen LogP contribution in [0.2, 0.25) is 0 Å². The molecule has 2 heterocycles. The summed E-state index contributed by atoms with van der Waals surface area (Å²) in [6.45, 7) is 2.09. The third kappa shape index (κ3) is 3.57. The average molecular weight is 303 g/mol. The first-order chi connectivity index (χ1) is 7.74. The number of thiophene rings is 1. The van der Waals surface area contributed by atoms with Gasteiger partial charge in [0.2, 0.25) is 5.91 Å². The van der Waals surface area contributed by atoms with Crippen molar-refractivity contribution >= 4 is 38.2 Å². The van der Waals surface area contributed by atoms with Crippen LogP contribution in [0.1, 0.15) is 19.3 Å². The Morgan fingerprint density at radius 1 is 1.56 bits per heavy atom. The van der Waals surface area contributed by atoms with Gasteiger partial charge in [0.05, 0.1) is 5.00 Å². The summed E-state index contributed by atoms with van der Waals surface area (Å²) in [4.78, 5) is 11.7. The third-order valence-corrected chi connectivity index (χ3v) is 4.37. The lowest BCUT2D eigenvalue weighted by atomic mass is 9.94. The SMILES string of the molecule is O=C(CC1CCNCC1)Nc1cc(Br)cs1. The number of hydrogen-bond acceptors (Lipinski definition) is 3. The first kappa shape index (κ1) is 12.1. The largest absolute Gasteiger partial charge is 0.318 e. The van der Waals surface area contributed by atoms with Crippen LogP contribution in [0.4, 0.5) is 5.00 Å². The number of carbonyl (C=O) groups is 1. The molecule has 88 valence electrons. The lowest BCUT2D eigenvalue weighted by molar-refractivity contribution is -0.117. The molecule has 0 atom stereocenters. The van der Waals surface area contributed by atoms with Crippen molar-refractivity contribution in [2.45, 2.75) is 19.3 Å². The van der Waals surface area contributed by atoms with Crippen LogP contribution in [0.25, 0.3) is 0 Å². The van der Waals surface area contributed by atoms with Gasteiger partial charge in [0.25, 0.3) is 0 Å². The average Bonchev–Trinajstić information content (AvgIpc) is 2.65. The topological polar surface area (TPSA) is 41.1 Å². The molecule has 1 amide bonds. The summed E-state index contributed by atoms with van der Waals surface area (Å²) in [5.41, 5.74) is 0. The second-order valence-corrected chi connectivity index (χ2v) is 5.90. The second-order valence-electron chi connectivity index (χ2n) is 4.07. The molecule has 5 heteroatoms. The van der Waals surface area contributed by atoms with E-state index in [1.54, 1.807) is 11.3 Å². The van der Waals surface area contributed by atoms with E-state index in [0.717, 1.165) is 35.4 Å². The third-order valence-electron chi connectivity index (χ3n) is 2.76. The Hall–Kier alpha value is -0.390. The molecular formula is C11H15BrN2OS. The first-order valence-electron chi connectivity index (χ1n) is 5.48. The molecule has 0 bridgehead atoms. The molecule has 1 aromatic heterocycles. The van der Waals surface area contributed by atoms with Crippen molar-refractivity contribution < 1.29 is 4.79 Å². The molecule has 2 rings (SSSR count). The Labute approximate surface area is 108 Å². The van der Waals surface area contributed by atoms with Crippen molar-refractivity contribution in [1.82, 2.24) is 5.32 Å². The predicted octanol–water partition coefficient (Wildman–Crippen LogP) is 2.84. The summed E-state index contributed by atoms with van der Waals surface area (Å²) in [5.74, 6) is 0.686. The Morgan fingerprint density at radius 3 is 2.94 bits per heavy atom. The highest BCUT2D eigenvalue weighted by molar-refractivity contribution is 9.10. The number of carbonyl (C=O) groups excluding carboxylic acids is 1. The van der Waals surface area contributed by atoms with Gasteiger partial charge in [-0.25, -0.2) is 0 Å². The molecule has 3 nitrogen and oxygen atoms in total. The van der Waals surface area contributed by atoms with Crippen LogP contribution in [0, 0.1) is 5.92 Å². The molecular weight excluding hydrogens is 288 g/mol. The zero-order chi connectivity index (χ0) is 11.4. The van der Waals surface area contributed by atoms with Crippen molar-refractivity contribution in [1.29, 1.82) is 0 Å². The summed E-state index contributed by atoms with van der Waals surface area (Å²) in [5, 5.41) is 9.14. The maximum absolute atomic E-state index is 11.7. The van der Waals surface area contributed by atoms with Gasteiger partial charge in [-0.2, -0.15) is 0 Å². The summed E-state index contributed by atoms with van der Waals surface area (Å²) < 4.78 is 1.02. The van der Waals surface area contributed by atoms with Crippen LogP contribution in [0.15, 0.2) is 15.9 Å². The van der Waals surface area contributed by atoms with E-state index in [-0.39, 0.29) is 5.91 Å². The Balaban J connectivity index is 1.79. The van der Waals surface area contributed by atoms with Crippen LogP contribution in [0.5, 0.6) is 0 Å². The molecule has 0 aliphatic carbocycles. The predicted molar refractivity (Wildman–Crippen MR) is 70.9 cm³/mol. The maximum Gasteiger partial charge on any atom is 0.225 e. The zero-order valence-electron chi connectivity index (χ0n) is 8.96. The van der Waals surface area contributed by atoms with E-state index in [0.29, 0.717) is 12.3 Å². The minimum atomic E-state index is 0.140.